The van der Waals surface area contributed by atoms with E-state index < -0.39 is 5.91 Å². The molecular weight excluding hydrogens is 260 g/mol. The van der Waals surface area contributed by atoms with Crippen molar-refractivity contribution in [3.8, 4) is 6.07 Å². The molecule has 0 aliphatic heterocycles. The summed E-state index contributed by atoms with van der Waals surface area (Å²) in [5.41, 5.74) is 7.74. The van der Waals surface area contributed by atoms with Crippen LogP contribution in [-0.2, 0) is 4.79 Å². The van der Waals surface area contributed by atoms with Crippen molar-refractivity contribution in [1.29, 1.82) is 5.26 Å². The number of rotatable bonds is 3. The Labute approximate surface area is 94.7 Å². The van der Waals surface area contributed by atoms with Gasteiger partial charge in [0.25, 0.3) is 5.91 Å². The Hall–Kier alpha value is -1.87. The van der Waals surface area contributed by atoms with E-state index in [0.29, 0.717) is 5.69 Å². The number of carbonyl (C=O) groups excluding carboxylic acids is 1. The molecule has 15 heavy (non-hydrogen) atoms. The number of halogens is 1. The van der Waals surface area contributed by atoms with Crippen molar-refractivity contribution in [2.45, 2.75) is 0 Å². The first kappa shape index (κ1) is 11.2. The van der Waals surface area contributed by atoms with E-state index >= 15 is 0 Å². The van der Waals surface area contributed by atoms with Crippen molar-refractivity contribution in [3.63, 3.8) is 0 Å². The molecule has 0 unspecified atom stereocenters. The molecule has 0 saturated heterocycles. The molecule has 0 saturated carbocycles. The molecule has 1 aromatic carbocycles. The number of hydrogen-bond donors (Lipinski definition) is 2. The average molecular weight is 267 g/mol. The molecule has 0 aliphatic carbocycles. The topological polar surface area (TPSA) is 91.3 Å². The van der Waals surface area contributed by atoms with Crippen LogP contribution in [0.2, 0.25) is 0 Å². The van der Waals surface area contributed by atoms with Crippen LogP contribution in [0.1, 0.15) is 0 Å². The van der Waals surface area contributed by atoms with Crippen LogP contribution < -0.4 is 11.2 Å². The molecule has 0 spiro atoms. The quantitative estimate of drug-likeness (QED) is 0.637. The highest BCUT2D eigenvalue weighted by atomic mass is 79.9. The van der Waals surface area contributed by atoms with Gasteiger partial charge in [0.2, 0.25) is 5.71 Å². The molecule has 1 aromatic rings. The van der Waals surface area contributed by atoms with Crippen molar-refractivity contribution in [2.24, 2.45) is 10.8 Å². The van der Waals surface area contributed by atoms with Crippen LogP contribution in [0.4, 0.5) is 5.69 Å². The lowest BCUT2D eigenvalue weighted by Crippen LogP contribution is -2.22. The Morgan fingerprint density at radius 3 is 2.87 bits per heavy atom. The molecule has 0 heterocycles. The highest BCUT2D eigenvalue weighted by Gasteiger charge is 2.04. The largest absolute Gasteiger partial charge is 0.364 e. The summed E-state index contributed by atoms with van der Waals surface area (Å²) in [5.74, 6) is -0.861. The number of hydrazone groups is 1. The minimum Gasteiger partial charge on any atom is -0.364 e. The Balaban J connectivity index is 2.80. The number of amides is 1. The van der Waals surface area contributed by atoms with Crippen LogP contribution in [0.5, 0.6) is 0 Å². The second-order valence-corrected chi connectivity index (χ2v) is 3.47. The molecule has 1 amide bonds. The number of nitriles is 1. The fourth-order valence-corrected chi connectivity index (χ4v) is 1.21. The number of anilines is 1. The molecule has 0 radical (unpaired) electrons. The predicted octanol–water partition coefficient (Wildman–Crippen LogP) is 1.23. The fourth-order valence-electron chi connectivity index (χ4n) is 0.814. The maximum Gasteiger partial charge on any atom is 0.280 e. The molecule has 5 nitrogen and oxygen atoms in total. The zero-order valence-electron chi connectivity index (χ0n) is 7.57. The molecule has 0 aromatic heterocycles. The van der Waals surface area contributed by atoms with Gasteiger partial charge in [0.15, 0.2) is 0 Å². The molecule has 6 heteroatoms. The molecule has 0 aliphatic rings. The van der Waals surface area contributed by atoms with Crippen LogP contribution in [-0.4, -0.2) is 11.6 Å². The first-order chi connectivity index (χ1) is 7.13. The fraction of sp³-hybridized carbons (Fsp3) is 0. The minimum absolute atomic E-state index is 0.366. The monoisotopic (exact) mass is 266 g/mol. The smallest absolute Gasteiger partial charge is 0.280 e. The van der Waals surface area contributed by atoms with E-state index in [1.807, 2.05) is 6.07 Å². The van der Waals surface area contributed by atoms with E-state index in [-0.39, 0.29) is 5.71 Å². The van der Waals surface area contributed by atoms with Gasteiger partial charge < -0.3 is 5.73 Å². The number of hydrogen-bond acceptors (Lipinski definition) is 4. The van der Waals surface area contributed by atoms with Gasteiger partial charge in [0.1, 0.15) is 6.07 Å². The lowest BCUT2D eigenvalue weighted by Gasteiger charge is -2.00. The van der Waals surface area contributed by atoms with Crippen LogP contribution >= 0.6 is 15.9 Å². The zero-order chi connectivity index (χ0) is 11.3. The third-order valence-electron chi connectivity index (χ3n) is 1.46. The first-order valence-electron chi connectivity index (χ1n) is 3.92. The summed E-state index contributed by atoms with van der Waals surface area (Å²) in [4.78, 5) is 10.6. The van der Waals surface area contributed by atoms with E-state index in [1.165, 1.54) is 0 Å². The van der Waals surface area contributed by atoms with E-state index in [1.54, 1.807) is 24.3 Å². The summed E-state index contributed by atoms with van der Waals surface area (Å²) in [7, 11) is 0. The number of primary amides is 1. The summed E-state index contributed by atoms with van der Waals surface area (Å²) in [6, 6.07) is 8.71. The summed E-state index contributed by atoms with van der Waals surface area (Å²) in [6.45, 7) is 0. The Morgan fingerprint density at radius 2 is 2.33 bits per heavy atom. The van der Waals surface area contributed by atoms with Gasteiger partial charge in [-0.3, -0.25) is 10.2 Å². The van der Waals surface area contributed by atoms with Gasteiger partial charge in [-0.15, -0.1) is 0 Å². The number of nitrogens with two attached hydrogens (primary N) is 1. The summed E-state index contributed by atoms with van der Waals surface area (Å²) >= 11 is 3.27. The number of carbonyl (C=O) groups is 1. The maximum absolute atomic E-state index is 10.6. The standard InChI is InChI=1S/C9H7BrN4O/c10-6-2-1-3-7(4-6)13-14-8(5-11)9(12)15/h1-4,13H,(H2,12,15). The van der Waals surface area contributed by atoms with E-state index in [0.717, 1.165) is 4.47 Å². The Bertz CT molecular complexity index is 450. The first-order valence-corrected chi connectivity index (χ1v) is 4.72. The van der Waals surface area contributed by atoms with Gasteiger partial charge in [0.05, 0.1) is 5.69 Å². The molecule has 0 fully saturated rings. The second kappa shape index (κ2) is 5.12. The number of nitrogens with one attached hydrogen (secondary N) is 1. The van der Waals surface area contributed by atoms with E-state index in [2.05, 4.69) is 26.5 Å². The number of nitrogens with zero attached hydrogens (tertiary/aromatic N) is 2. The van der Waals surface area contributed by atoms with Gasteiger partial charge in [-0.25, -0.2) is 0 Å². The summed E-state index contributed by atoms with van der Waals surface area (Å²) < 4.78 is 0.861. The predicted molar refractivity (Wildman–Crippen MR) is 60.0 cm³/mol. The van der Waals surface area contributed by atoms with Gasteiger partial charge in [-0.1, -0.05) is 22.0 Å². The van der Waals surface area contributed by atoms with Gasteiger partial charge in [-0.2, -0.15) is 10.4 Å². The van der Waals surface area contributed by atoms with Crippen molar-refractivity contribution >= 4 is 33.2 Å². The normalized spacial score (nSPS) is 10.5. The minimum atomic E-state index is -0.861. The van der Waals surface area contributed by atoms with Crippen LogP contribution in [0.3, 0.4) is 0 Å². The highest BCUT2D eigenvalue weighted by Crippen LogP contribution is 2.15. The Kier molecular flexibility index (Phi) is 3.83. The van der Waals surface area contributed by atoms with Crippen LogP contribution in [0.25, 0.3) is 0 Å². The van der Waals surface area contributed by atoms with Crippen molar-refractivity contribution < 1.29 is 4.79 Å². The lowest BCUT2D eigenvalue weighted by atomic mass is 10.3. The Morgan fingerprint density at radius 1 is 1.60 bits per heavy atom. The van der Waals surface area contributed by atoms with E-state index in [9.17, 15) is 4.79 Å². The SMILES string of the molecule is N#CC(=NNc1cccc(Br)c1)C(N)=O. The third-order valence-corrected chi connectivity index (χ3v) is 1.95. The molecule has 1 rings (SSSR count). The molecule has 0 bridgehead atoms. The van der Waals surface area contributed by atoms with Crippen LogP contribution in [0.15, 0.2) is 33.8 Å². The number of benzene rings is 1. The van der Waals surface area contributed by atoms with Gasteiger partial charge >= 0.3 is 0 Å². The van der Waals surface area contributed by atoms with Crippen LogP contribution in [0, 0.1) is 11.3 Å². The van der Waals surface area contributed by atoms with Crippen molar-refractivity contribution in [3.05, 3.63) is 28.7 Å². The zero-order valence-corrected chi connectivity index (χ0v) is 9.15. The second-order valence-electron chi connectivity index (χ2n) is 2.56. The van der Waals surface area contributed by atoms with Crippen molar-refractivity contribution in [2.75, 3.05) is 5.43 Å². The lowest BCUT2D eigenvalue weighted by molar-refractivity contribution is -0.111. The van der Waals surface area contributed by atoms with E-state index in [4.69, 9.17) is 11.0 Å². The molecular formula is C9H7BrN4O. The molecule has 3 N–H and O–H groups in total. The summed E-state index contributed by atoms with van der Waals surface area (Å²) in [5, 5.41) is 12.1. The maximum atomic E-state index is 10.6. The van der Waals surface area contributed by atoms with Crippen molar-refractivity contribution in [1.82, 2.24) is 0 Å². The van der Waals surface area contributed by atoms with Gasteiger partial charge in [-0.05, 0) is 18.2 Å². The van der Waals surface area contributed by atoms with Gasteiger partial charge in [0, 0.05) is 4.47 Å². The highest BCUT2D eigenvalue weighted by molar-refractivity contribution is 9.10. The summed E-state index contributed by atoms with van der Waals surface area (Å²) in [6.07, 6.45) is 0. The third kappa shape index (κ3) is 3.40. The molecule has 76 valence electrons. The molecule has 0 atom stereocenters. The average Bonchev–Trinajstić information content (AvgIpc) is 2.18.